The normalized spacial score (nSPS) is 18.8. The highest BCUT2D eigenvalue weighted by Gasteiger charge is 2.22. The smallest absolute Gasteiger partial charge is 0.225 e. The molecule has 1 amide bonds. The van der Waals surface area contributed by atoms with Gasteiger partial charge in [-0.15, -0.1) is 0 Å². The van der Waals surface area contributed by atoms with Gasteiger partial charge in [-0.25, -0.2) is 4.98 Å². The summed E-state index contributed by atoms with van der Waals surface area (Å²) in [6.45, 7) is 0. The number of hydrogen-bond acceptors (Lipinski definition) is 5. The van der Waals surface area contributed by atoms with Gasteiger partial charge in [0.15, 0.2) is 0 Å². The minimum atomic E-state index is -0.208. The Morgan fingerprint density at radius 3 is 2.50 bits per heavy atom. The summed E-state index contributed by atoms with van der Waals surface area (Å²) in [5.41, 5.74) is 7.09. The molecule has 0 radical (unpaired) electrons. The Labute approximate surface area is 181 Å². The van der Waals surface area contributed by atoms with Crippen LogP contribution in [0, 0.1) is 5.92 Å². The Bertz CT molecular complexity index is 1020. The second kappa shape index (κ2) is 9.30. The number of halogens is 1. The van der Waals surface area contributed by atoms with Crippen molar-refractivity contribution in [1.82, 2.24) is 9.97 Å². The van der Waals surface area contributed by atoms with Crippen molar-refractivity contribution >= 4 is 45.9 Å². The molecule has 30 heavy (non-hydrogen) atoms. The summed E-state index contributed by atoms with van der Waals surface area (Å²) in [7, 11) is 0. The van der Waals surface area contributed by atoms with Crippen LogP contribution in [0.4, 0.5) is 17.5 Å². The first kappa shape index (κ1) is 20.4. The first-order chi connectivity index (χ1) is 14.6. The van der Waals surface area contributed by atoms with Crippen LogP contribution in [0.5, 0.6) is 0 Å². The number of carbonyl (C=O) groups excluding carboxylic acids is 1. The molecule has 7 heteroatoms. The molecule has 1 aliphatic rings. The van der Waals surface area contributed by atoms with E-state index in [4.69, 9.17) is 27.3 Å². The molecule has 4 N–H and O–H groups in total. The zero-order valence-electron chi connectivity index (χ0n) is 16.8. The van der Waals surface area contributed by atoms with Crippen molar-refractivity contribution in [1.29, 1.82) is 0 Å². The quantitative estimate of drug-likeness (QED) is 0.481. The minimum Gasteiger partial charge on any atom is -0.370 e. The molecule has 4 rings (SSSR count). The number of fused-ring (bicyclic) bond motifs is 1. The van der Waals surface area contributed by atoms with E-state index in [1.807, 2.05) is 48.5 Å². The summed E-state index contributed by atoms with van der Waals surface area (Å²) in [5.74, 6) is 1.77. The second-order valence-electron chi connectivity index (χ2n) is 7.91. The van der Waals surface area contributed by atoms with Gasteiger partial charge in [0.25, 0.3) is 0 Å². The Hall–Kier alpha value is -2.86. The summed E-state index contributed by atoms with van der Waals surface area (Å²) >= 11 is 6.00. The van der Waals surface area contributed by atoms with Gasteiger partial charge in [0.05, 0.1) is 5.52 Å². The largest absolute Gasteiger partial charge is 0.370 e. The summed E-state index contributed by atoms with van der Waals surface area (Å²) < 4.78 is 0. The SMILES string of the molecule is NC(=O)CC[C@H]1CC[C@H](Nc2nc(Nc3ccc(Cl)cc3)c3ccccc3n2)CC1. The van der Waals surface area contributed by atoms with E-state index in [1.54, 1.807) is 0 Å². The van der Waals surface area contributed by atoms with Gasteiger partial charge in [0, 0.05) is 28.6 Å². The van der Waals surface area contributed by atoms with Crippen LogP contribution in [0.2, 0.25) is 5.02 Å². The molecule has 0 spiro atoms. The van der Waals surface area contributed by atoms with Crippen molar-refractivity contribution in [2.45, 2.75) is 44.6 Å². The Morgan fingerprint density at radius 1 is 1.03 bits per heavy atom. The lowest BCUT2D eigenvalue weighted by atomic mass is 9.83. The van der Waals surface area contributed by atoms with Gasteiger partial charge in [-0.1, -0.05) is 23.7 Å². The maximum Gasteiger partial charge on any atom is 0.225 e. The molecule has 0 aliphatic heterocycles. The van der Waals surface area contributed by atoms with Crippen molar-refractivity contribution in [3.05, 3.63) is 53.6 Å². The number of nitrogens with one attached hydrogen (secondary N) is 2. The number of nitrogens with zero attached hydrogens (tertiary/aromatic N) is 2. The molecule has 2 aromatic carbocycles. The Kier molecular flexibility index (Phi) is 6.33. The Morgan fingerprint density at radius 2 is 1.77 bits per heavy atom. The third-order valence-electron chi connectivity index (χ3n) is 5.69. The molecule has 3 aromatic rings. The van der Waals surface area contributed by atoms with E-state index in [9.17, 15) is 4.79 Å². The molecule has 1 heterocycles. The van der Waals surface area contributed by atoms with Crippen molar-refractivity contribution in [3.63, 3.8) is 0 Å². The molecule has 0 bridgehead atoms. The highest BCUT2D eigenvalue weighted by atomic mass is 35.5. The second-order valence-corrected chi connectivity index (χ2v) is 8.35. The average Bonchev–Trinajstić information content (AvgIpc) is 2.75. The first-order valence-electron chi connectivity index (χ1n) is 10.4. The zero-order chi connectivity index (χ0) is 20.9. The van der Waals surface area contributed by atoms with Crippen molar-refractivity contribution in [2.75, 3.05) is 10.6 Å². The Balaban J connectivity index is 1.48. The summed E-state index contributed by atoms with van der Waals surface area (Å²) in [4.78, 5) is 20.5. The standard InChI is InChI=1S/C23H26ClN5O/c24-16-8-12-17(13-9-16)26-22-19-3-1-2-4-20(19)28-23(29-22)27-18-10-5-15(6-11-18)7-14-21(25)30/h1-4,8-9,12-13,15,18H,5-7,10-11,14H2,(H2,25,30)(H2,26,27,28,29)/t15-,18-. The third-order valence-corrected chi connectivity index (χ3v) is 5.94. The monoisotopic (exact) mass is 423 g/mol. The van der Waals surface area contributed by atoms with Gasteiger partial charge in [-0.2, -0.15) is 4.98 Å². The first-order valence-corrected chi connectivity index (χ1v) is 10.8. The van der Waals surface area contributed by atoms with Crippen LogP contribution in [-0.4, -0.2) is 21.9 Å². The highest BCUT2D eigenvalue weighted by Crippen LogP contribution is 2.30. The van der Waals surface area contributed by atoms with E-state index in [2.05, 4.69) is 10.6 Å². The molecule has 0 unspecified atom stereocenters. The fourth-order valence-electron chi connectivity index (χ4n) is 4.03. The van der Waals surface area contributed by atoms with Crippen LogP contribution in [-0.2, 0) is 4.79 Å². The summed E-state index contributed by atoms with van der Waals surface area (Å²) in [6.07, 6.45) is 5.64. The topological polar surface area (TPSA) is 92.9 Å². The molecule has 0 atom stereocenters. The molecule has 1 fully saturated rings. The van der Waals surface area contributed by atoms with Crippen LogP contribution >= 0.6 is 11.6 Å². The molecule has 0 saturated heterocycles. The molecule has 1 aliphatic carbocycles. The lowest BCUT2D eigenvalue weighted by molar-refractivity contribution is -0.118. The number of para-hydroxylation sites is 1. The predicted molar refractivity (Wildman–Crippen MR) is 122 cm³/mol. The van der Waals surface area contributed by atoms with E-state index in [0.717, 1.165) is 54.5 Å². The number of amides is 1. The van der Waals surface area contributed by atoms with Gasteiger partial charge >= 0.3 is 0 Å². The van der Waals surface area contributed by atoms with Crippen LogP contribution in [0.15, 0.2) is 48.5 Å². The van der Waals surface area contributed by atoms with Crippen molar-refractivity contribution in [3.8, 4) is 0 Å². The third kappa shape index (κ3) is 5.19. The van der Waals surface area contributed by atoms with Crippen LogP contribution < -0.4 is 16.4 Å². The summed E-state index contributed by atoms with van der Waals surface area (Å²) in [5, 5.41) is 8.57. The molecule has 6 nitrogen and oxygen atoms in total. The van der Waals surface area contributed by atoms with Gasteiger partial charge in [-0.3, -0.25) is 4.79 Å². The molecule has 1 saturated carbocycles. The maximum atomic E-state index is 11.0. The summed E-state index contributed by atoms with van der Waals surface area (Å²) in [6, 6.07) is 15.9. The number of anilines is 3. The minimum absolute atomic E-state index is 0.208. The van der Waals surface area contributed by atoms with Gasteiger partial charge in [0.2, 0.25) is 11.9 Å². The van der Waals surface area contributed by atoms with Crippen LogP contribution in [0.3, 0.4) is 0 Å². The average molecular weight is 424 g/mol. The molecule has 156 valence electrons. The number of carbonyl (C=O) groups is 1. The number of hydrogen-bond donors (Lipinski definition) is 3. The van der Waals surface area contributed by atoms with Crippen molar-refractivity contribution < 1.29 is 4.79 Å². The number of nitrogens with two attached hydrogens (primary N) is 1. The molecule has 1 aromatic heterocycles. The van der Waals surface area contributed by atoms with Gasteiger partial charge < -0.3 is 16.4 Å². The van der Waals surface area contributed by atoms with E-state index in [-0.39, 0.29) is 5.91 Å². The fraction of sp³-hybridized carbons (Fsp3) is 0.348. The van der Waals surface area contributed by atoms with E-state index < -0.39 is 0 Å². The number of aromatic nitrogens is 2. The maximum absolute atomic E-state index is 11.0. The van der Waals surface area contributed by atoms with Crippen molar-refractivity contribution in [2.24, 2.45) is 11.7 Å². The highest BCUT2D eigenvalue weighted by molar-refractivity contribution is 6.30. The lowest BCUT2D eigenvalue weighted by Gasteiger charge is -2.29. The number of rotatable bonds is 7. The van der Waals surface area contributed by atoms with Gasteiger partial charge in [-0.05, 0) is 74.4 Å². The zero-order valence-corrected chi connectivity index (χ0v) is 17.5. The lowest BCUT2D eigenvalue weighted by Crippen LogP contribution is -2.27. The van der Waals surface area contributed by atoms with Crippen LogP contribution in [0.25, 0.3) is 10.9 Å². The van der Waals surface area contributed by atoms with E-state index in [0.29, 0.717) is 29.4 Å². The van der Waals surface area contributed by atoms with E-state index >= 15 is 0 Å². The molecular weight excluding hydrogens is 398 g/mol. The van der Waals surface area contributed by atoms with E-state index in [1.165, 1.54) is 0 Å². The fourth-order valence-corrected chi connectivity index (χ4v) is 4.16. The number of benzene rings is 2. The molecular formula is C23H26ClN5O. The van der Waals surface area contributed by atoms with Gasteiger partial charge in [0.1, 0.15) is 5.82 Å². The number of primary amides is 1. The van der Waals surface area contributed by atoms with Crippen LogP contribution in [0.1, 0.15) is 38.5 Å². The predicted octanol–water partition coefficient (Wildman–Crippen LogP) is 5.26.